The van der Waals surface area contributed by atoms with Gasteiger partial charge in [0, 0.05) is 27.6 Å². The average molecular weight is 345 g/mol. The third kappa shape index (κ3) is 1.82. The van der Waals surface area contributed by atoms with Gasteiger partial charge < -0.3 is 4.57 Å². The van der Waals surface area contributed by atoms with Crippen molar-refractivity contribution < 1.29 is 4.79 Å². The van der Waals surface area contributed by atoms with Crippen LogP contribution in [0.4, 0.5) is 0 Å². The molecule has 2 nitrogen and oxygen atoms in total. The highest BCUT2D eigenvalue weighted by Gasteiger charge is 2.30. The Labute approximate surface area is 156 Å². The van der Waals surface area contributed by atoms with Crippen LogP contribution in [0.2, 0.25) is 0 Å². The molecule has 0 unspecified atom stereocenters. The zero-order chi connectivity index (χ0) is 18.0. The fourth-order valence-electron chi connectivity index (χ4n) is 4.43. The van der Waals surface area contributed by atoms with E-state index in [0.717, 1.165) is 49.7 Å². The molecule has 0 amide bonds. The van der Waals surface area contributed by atoms with Gasteiger partial charge in [-0.1, -0.05) is 66.7 Å². The number of benzene rings is 4. The zero-order valence-corrected chi connectivity index (χ0v) is 14.5. The Hall–Kier alpha value is -3.65. The number of carbonyl (C=O) groups excluding carboxylic acids is 1. The molecule has 0 radical (unpaired) electrons. The van der Waals surface area contributed by atoms with Gasteiger partial charge in [0.15, 0.2) is 5.78 Å². The summed E-state index contributed by atoms with van der Waals surface area (Å²) in [4.78, 5) is 13.3. The third-order valence-corrected chi connectivity index (χ3v) is 5.54. The number of ketones is 1. The van der Waals surface area contributed by atoms with Gasteiger partial charge in [-0.05, 0) is 35.4 Å². The van der Waals surface area contributed by atoms with Gasteiger partial charge in [0.05, 0.1) is 11.0 Å². The topological polar surface area (TPSA) is 22.0 Å². The van der Waals surface area contributed by atoms with Gasteiger partial charge in [-0.3, -0.25) is 4.79 Å². The van der Waals surface area contributed by atoms with Crippen LogP contribution in [0.15, 0.2) is 91.0 Å². The molecular formula is C25H15NO. The molecule has 0 atom stereocenters. The van der Waals surface area contributed by atoms with Crippen LogP contribution in [-0.2, 0) is 0 Å². The van der Waals surface area contributed by atoms with E-state index in [4.69, 9.17) is 0 Å². The minimum Gasteiger partial charge on any atom is -0.309 e. The Morgan fingerprint density at radius 3 is 2.11 bits per heavy atom. The number of rotatable bonds is 1. The van der Waals surface area contributed by atoms with Crippen molar-refractivity contribution in [2.45, 2.75) is 0 Å². The summed E-state index contributed by atoms with van der Waals surface area (Å²) in [5.41, 5.74) is 7.01. The maximum absolute atomic E-state index is 13.3. The van der Waals surface area contributed by atoms with Crippen molar-refractivity contribution in [3.05, 3.63) is 102 Å². The molecule has 0 aliphatic heterocycles. The fourth-order valence-corrected chi connectivity index (χ4v) is 4.43. The van der Waals surface area contributed by atoms with Crippen molar-refractivity contribution in [3.8, 4) is 16.8 Å². The van der Waals surface area contributed by atoms with E-state index in [1.807, 2.05) is 48.5 Å². The SMILES string of the molecule is O=C1c2ccccc2-c2ccc3c(c21)c1ccccc1n3-c1ccccc1. The molecule has 0 saturated heterocycles. The van der Waals surface area contributed by atoms with Crippen molar-refractivity contribution in [1.82, 2.24) is 4.57 Å². The van der Waals surface area contributed by atoms with E-state index in [2.05, 4.69) is 47.0 Å². The maximum atomic E-state index is 13.3. The van der Waals surface area contributed by atoms with Crippen molar-refractivity contribution in [2.24, 2.45) is 0 Å². The smallest absolute Gasteiger partial charge is 0.194 e. The predicted octanol–water partition coefficient (Wildman–Crippen LogP) is 6.00. The first-order valence-electron chi connectivity index (χ1n) is 9.10. The molecule has 0 N–H and O–H groups in total. The molecule has 27 heavy (non-hydrogen) atoms. The second-order valence-corrected chi connectivity index (χ2v) is 6.95. The van der Waals surface area contributed by atoms with Gasteiger partial charge in [0.25, 0.3) is 0 Å². The Balaban J connectivity index is 1.82. The van der Waals surface area contributed by atoms with Crippen LogP contribution in [0.3, 0.4) is 0 Å². The molecule has 6 rings (SSSR count). The van der Waals surface area contributed by atoms with Crippen LogP contribution in [0.1, 0.15) is 15.9 Å². The molecule has 1 aromatic heterocycles. The largest absolute Gasteiger partial charge is 0.309 e. The normalized spacial score (nSPS) is 12.5. The Bertz CT molecular complexity index is 1380. The van der Waals surface area contributed by atoms with Gasteiger partial charge in [-0.15, -0.1) is 0 Å². The maximum Gasteiger partial charge on any atom is 0.194 e. The van der Waals surface area contributed by atoms with Crippen LogP contribution in [0, 0.1) is 0 Å². The van der Waals surface area contributed by atoms with E-state index in [9.17, 15) is 4.79 Å². The third-order valence-electron chi connectivity index (χ3n) is 5.54. The van der Waals surface area contributed by atoms with Gasteiger partial charge in [-0.25, -0.2) is 0 Å². The van der Waals surface area contributed by atoms with Crippen molar-refractivity contribution in [1.29, 1.82) is 0 Å². The number of para-hydroxylation sites is 2. The molecule has 2 heteroatoms. The second-order valence-electron chi connectivity index (χ2n) is 6.95. The minimum absolute atomic E-state index is 0.127. The molecule has 0 bridgehead atoms. The highest BCUT2D eigenvalue weighted by Crippen LogP contribution is 2.44. The quantitative estimate of drug-likeness (QED) is 0.358. The van der Waals surface area contributed by atoms with Crippen LogP contribution in [0.25, 0.3) is 38.6 Å². The second kappa shape index (κ2) is 5.18. The Kier molecular flexibility index (Phi) is 2.78. The number of fused-ring (bicyclic) bond motifs is 7. The fraction of sp³-hybridized carbons (Fsp3) is 0. The van der Waals surface area contributed by atoms with E-state index >= 15 is 0 Å². The first kappa shape index (κ1) is 14.5. The molecule has 126 valence electrons. The lowest BCUT2D eigenvalue weighted by molar-refractivity contribution is 0.104. The van der Waals surface area contributed by atoms with Crippen LogP contribution in [-0.4, -0.2) is 10.4 Å². The summed E-state index contributed by atoms with van der Waals surface area (Å²) < 4.78 is 2.25. The Morgan fingerprint density at radius 1 is 0.556 bits per heavy atom. The summed E-state index contributed by atoms with van der Waals surface area (Å²) in [5.74, 6) is 0.127. The minimum atomic E-state index is 0.127. The number of carbonyl (C=O) groups is 1. The van der Waals surface area contributed by atoms with E-state index < -0.39 is 0 Å². The van der Waals surface area contributed by atoms with E-state index in [-0.39, 0.29) is 5.78 Å². The lowest BCUT2D eigenvalue weighted by Gasteiger charge is -2.08. The first-order valence-corrected chi connectivity index (χ1v) is 9.10. The summed E-state index contributed by atoms with van der Waals surface area (Å²) in [6, 6.07) is 30.8. The molecule has 0 saturated carbocycles. The molecular weight excluding hydrogens is 330 g/mol. The van der Waals surface area contributed by atoms with Gasteiger partial charge in [0.1, 0.15) is 0 Å². The number of hydrogen-bond donors (Lipinski definition) is 0. The number of nitrogens with zero attached hydrogens (tertiary/aromatic N) is 1. The molecule has 1 aliphatic rings. The van der Waals surface area contributed by atoms with Crippen LogP contribution < -0.4 is 0 Å². The highest BCUT2D eigenvalue weighted by atomic mass is 16.1. The summed E-state index contributed by atoms with van der Waals surface area (Å²) in [7, 11) is 0. The predicted molar refractivity (Wildman–Crippen MR) is 110 cm³/mol. The van der Waals surface area contributed by atoms with E-state index in [0.29, 0.717) is 0 Å². The van der Waals surface area contributed by atoms with Crippen molar-refractivity contribution in [2.75, 3.05) is 0 Å². The standard InChI is InChI=1S/C25H15NO/c27-25-19-11-5-4-10-17(19)18-14-15-22-23(24(18)25)20-12-6-7-13-21(20)26(22)16-8-2-1-3-9-16/h1-15H. The van der Waals surface area contributed by atoms with E-state index in [1.165, 1.54) is 0 Å². The van der Waals surface area contributed by atoms with Crippen LogP contribution >= 0.6 is 0 Å². The monoisotopic (exact) mass is 345 g/mol. The molecule has 0 spiro atoms. The highest BCUT2D eigenvalue weighted by molar-refractivity contribution is 6.31. The molecule has 4 aromatic carbocycles. The molecule has 1 heterocycles. The van der Waals surface area contributed by atoms with E-state index in [1.54, 1.807) is 0 Å². The summed E-state index contributed by atoms with van der Waals surface area (Å²) in [5, 5.41) is 2.17. The lowest BCUT2D eigenvalue weighted by atomic mass is 10.0. The molecule has 1 aliphatic carbocycles. The lowest BCUT2D eigenvalue weighted by Crippen LogP contribution is -1.97. The molecule has 5 aromatic rings. The summed E-state index contributed by atoms with van der Waals surface area (Å²) in [6.45, 7) is 0. The first-order chi connectivity index (χ1) is 13.3. The average Bonchev–Trinajstić information content (AvgIpc) is 3.22. The Morgan fingerprint density at radius 2 is 1.26 bits per heavy atom. The van der Waals surface area contributed by atoms with Crippen molar-refractivity contribution in [3.63, 3.8) is 0 Å². The summed E-state index contributed by atoms with van der Waals surface area (Å²) >= 11 is 0. The van der Waals surface area contributed by atoms with Crippen LogP contribution in [0.5, 0.6) is 0 Å². The van der Waals surface area contributed by atoms with Gasteiger partial charge in [0.2, 0.25) is 0 Å². The van der Waals surface area contributed by atoms with Crippen molar-refractivity contribution >= 4 is 27.6 Å². The summed E-state index contributed by atoms with van der Waals surface area (Å²) in [6.07, 6.45) is 0. The van der Waals surface area contributed by atoms with Gasteiger partial charge >= 0.3 is 0 Å². The zero-order valence-electron chi connectivity index (χ0n) is 14.5. The number of hydrogen-bond acceptors (Lipinski definition) is 1. The van der Waals surface area contributed by atoms with Gasteiger partial charge in [-0.2, -0.15) is 0 Å². The molecule has 0 fully saturated rings. The number of aromatic nitrogens is 1.